The standard InChI is InChI=1S/C8H11N/c1-6-3-7(2)5-8(9)4-6/h3-5H,9H2,1-2H3/p+1. The van der Waals surface area contributed by atoms with Crippen LogP contribution < -0.4 is 5.73 Å². The molecule has 0 bridgehead atoms. The molecule has 1 aromatic rings. The summed E-state index contributed by atoms with van der Waals surface area (Å²) in [7, 11) is 0. The molecule has 0 saturated carbocycles. The number of quaternary nitrogens is 1. The molecule has 3 N–H and O–H groups in total. The number of benzene rings is 1. The van der Waals surface area contributed by atoms with E-state index in [0.717, 1.165) is 5.69 Å². The van der Waals surface area contributed by atoms with Crippen molar-refractivity contribution in [2.75, 3.05) is 0 Å². The van der Waals surface area contributed by atoms with Crippen molar-refractivity contribution in [3.8, 4) is 0 Å². The van der Waals surface area contributed by atoms with E-state index in [1.807, 2.05) is 0 Å². The minimum Gasteiger partial charge on any atom is -0.325 e. The van der Waals surface area contributed by atoms with Gasteiger partial charge in [0.2, 0.25) is 0 Å². The van der Waals surface area contributed by atoms with Crippen molar-refractivity contribution in [2.45, 2.75) is 13.8 Å². The van der Waals surface area contributed by atoms with E-state index < -0.39 is 0 Å². The topological polar surface area (TPSA) is 27.6 Å². The summed E-state index contributed by atoms with van der Waals surface area (Å²) in [6.07, 6.45) is 0. The van der Waals surface area contributed by atoms with Crippen LogP contribution in [-0.4, -0.2) is 0 Å². The molecule has 48 valence electrons. The lowest BCUT2D eigenvalue weighted by atomic mass is 10.1. The first-order valence-electron chi connectivity index (χ1n) is 3.09. The lowest BCUT2D eigenvalue weighted by Crippen LogP contribution is -2.40. The van der Waals surface area contributed by atoms with E-state index >= 15 is 0 Å². The van der Waals surface area contributed by atoms with Crippen LogP contribution in [0.5, 0.6) is 0 Å². The summed E-state index contributed by atoms with van der Waals surface area (Å²) in [6.45, 7) is 4.17. The zero-order valence-electron chi connectivity index (χ0n) is 5.94. The minimum absolute atomic E-state index is 1.10. The molecule has 0 unspecified atom stereocenters. The summed E-state index contributed by atoms with van der Waals surface area (Å²) >= 11 is 0. The fourth-order valence-corrected chi connectivity index (χ4v) is 1.07. The molecule has 0 atom stereocenters. The quantitative estimate of drug-likeness (QED) is 0.535. The number of rotatable bonds is 0. The number of hydrogen-bond donors (Lipinski definition) is 1. The molecular weight excluding hydrogens is 110 g/mol. The molecule has 0 fully saturated rings. The lowest BCUT2D eigenvalue weighted by Gasteiger charge is -1.94. The molecule has 1 heteroatoms. The second-order valence-corrected chi connectivity index (χ2v) is 2.50. The second kappa shape index (κ2) is 2.19. The highest BCUT2D eigenvalue weighted by molar-refractivity contribution is 5.36. The Hall–Kier alpha value is -0.820. The first-order chi connectivity index (χ1) is 4.18. The van der Waals surface area contributed by atoms with E-state index in [2.05, 4.69) is 37.8 Å². The molecule has 0 radical (unpaired) electrons. The average molecular weight is 122 g/mol. The van der Waals surface area contributed by atoms with Crippen LogP contribution in [0.3, 0.4) is 0 Å². The fraction of sp³-hybridized carbons (Fsp3) is 0.250. The van der Waals surface area contributed by atoms with Gasteiger partial charge in [0.05, 0.1) is 0 Å². The van der Waals surface area contributed by atoms with Gasteiger partial charge in [-0.3, -0.25) is 0 Å². The van der Waals surface area contributed by atoms with Crippen LogP contribution >= 0.6 is 0 Å². The van der Waals surface area contributed by atoms with Gasteiger partial charge in [-0.05, 0) is 25.0 Å². The molecule has 0 heterocycles. The van der Waals surface area contributed by atoms with Crippen molar-refractivity contribution in [1.29, 1.82) is 0 Å². The van der Waals surface area contributed by atoms with Gasteiger partial charge in [0.1, 0.15) is 5.69 Å². The third kappa shape index (κ3) is 1.54. The molecule has 0 aliphatic heterocycles. The number of aryl methyl sites for hydroxylation is 2. The molecule has 0 aliphatic carbocycles. The fourth-order valence-electron chi connectivity index (χ4n) is 1.07. The van der Waals surface area contributed by atoms with E-state index in [0.29, 0.717) is 0 Å². The minimum atomic E-state index is 1.10. The van der Waals surface area contributed by atoms with E-state index in [9.17, 15) is 0 Å². The molecule has 1 nitrogen and oxygen atoms in total. The maximum atomic E-state index is 3.84. The Bertz CT molecular complexity index is 165. The SMILES string of the molecule is Cc1cc(C)cc([NH3+])c1. The van der Waals surface area contributed by atoms with Crippen LogP contribution in [0.2, 0.25) is 0 Å². The Morgan fingerprint density at radius 3 is 1.78 bits per heavy atom. The average Bonchev–Trinajstić information content (AvgIpc) is 1.59. The Morgan fingerprint density at radius 2 is 1.44 bits per heavy atom. The van der Waals surface area contributed by atoms with Crippen molar-refractivity contribution in [3.63, 3.8) is 0 Å². The molecule has 0 amide bonds. The highest BCUT2D eigenvalue weighted by Crippen LogP contribution is 2.07. The molecule has 1 rings (SSSR count). The summed E-state index contributed by atoms with van der Waals surface area (Å²) in [5.74, 6) is 0. The zero-order chi connectivity index (χ0) is 6.85. The van der Waals surface area contributed by atoms with Gasteiger partial charge in [0, 0.05) is 12.1 Å². The Kier molecular flexibility index (Phi) is 1.54. The van der Waals surface area contributed by atoms with Crippen molar-refractivity contribution >= 4 is 5.69 Å². The molecule has 1 aromatic carbocycles. The molecule has 0 aromatic heterocycles. The van der Waals surface area contributed by atoms with Gasteiger partial charge >= 0.3 is 0 Å². The molecule has 0 aliphatic rings. The van der Waals surface area contributed by atoms with Crippen LogP contribution in [0, 0.1) is 13.8 Å². The van der Waals surface area contributed by atoms with Gasteiger partial charge in [-0.25, -0.2) is 0 Å². The Morgan fingerprint density at radius 1 is 1.00 bits per heavy atom. The summed E-state index contributed by atoms with van der Waals surface area (Å²) in [5, 5.41) is 0. The van der Waals surface area contributed by atoms with Gasteiger partial charge in [-0.2, -0.15) is 0 Å². The van der Waals surface area contributed by atoms with Gasteiger partial charge in [-0.1, -0.05) is 6.07 Å². The van der Waals surface area contributed by atoms with E-state index in [1.165, 1.54) is 11.1 Å². The van der Waals surface area contributed by atoms with Crippen LogP contribution in [0.15, 0.2) is 18.2 Å². The Labute approximate surface area is 55.5 Å². The van der Waals surface area contributed by atoms with Gasteiger partial charge < -0.3 is 5.73 Å². The zero-order valence-corrected chi connectivity index (χ0v) is 5.94. The molecule has 0 spiro atoms. The van der Waals surface area contributed by atoms with Crippen LogP contribution in [0.4, 0.5) is 5.69 Å². The molecule has 9 heavy (non-hydrogen) atoms. The normalized spacial score (nSPS) is 9.67. The van der Waals surface area contributed by atoms with Crippen LogP contribution in [0.25, 0.3) is 0 Å². The molecule has 0 saturated heterocycles. The first-order valence-corrected chi connectivity index (χ1v) is 3.09. The Balaban J connectivity index is 3.17. The lowest BCUT2D eigenvalue weighted by molar-refractivity contribution is -0.254. The van der Waals surface area contributed by atoms with Gasteiger partial charge in [0.25, 0.3) is 0 Å². The summed E-state index contributed by atoms with van der Waals surface area (Å²) in [5.41, 5.74) is 7.53. The van der Waals surface area contributed by atoms with Crippen molar-refractivity contribution < 1.29 is 5.73 Å². The maximum absolute atomic E-state index is 3.84. The number of hydrogen-bond acceptors (Lipinski definition) is 0. The van der Waals surface area contributed by atoms with Crippen molar-refractivity contribution in [3.05, 3.63) is 29.3 Å². The summed E-state index contributed by atoms with van der Waals surface area (Å²) in [4.78, 5) is 0. The van der Waals surface area contributed by atoms with Crippen LogP contribution in [0.1, 0.15) is 11.1 Å². The van der Waals surface area contributed by atoms with E-state index in [1.54, 1.807) is 0 Å². The largest absolute Gasteiger partial charge is 0.325 e. The molecular formula is C8H12N+. The van der Waals surface area contributed by atoms with E-state index in [4.69, 9.17) is 0 Å². The summed E-state index contributed by atoms with van der Waals surface area (Å²) < 4.78 is 0. The third-order valence-electron chi connectivity index (χ3n) is 1.28. The van der Waals surface area contributed by atoms with Crippen molar-refractivity contribution in [2.24, 2.45) is 0 Å². The van der Waals surface area contributed by atoms with Gasteiger partial charge in [-0.15, -0.1) is 0 Å². The second-order valence-electron chi connectivity index (χ2n) is 2.50. The van der Waals surface area contributed by atoms with Gasteiger partial charge in [0.15, 0.2) is 0 Å². The highest BCUT2D eigenvalue weighted by Gasteiger charge is 1.91. The summed E-state index contributed by atoms with van der Waals surface area (Å²) in [6, 6.07) is 6.30. The third-order valence-corrected chi connectivity index (χ3v) is 1.28. The van der Waals surface area contributed by atoms with Crippen molar-refractivity contribution in [1.82, 2.24) is 0 Å². The smallest absolute Gasteiger partial charge is 0.128 e. The predicted octanol–water partition coefficient (Wildman–Crippen LogP) is 1.18. The monoisotopic (exact) mass is 122 g/mol. The predicted molar refractivity (Wildman–Crippen MR) is 38.5 cm³/mol. The highest BCUT2D eigenvalue weighted by atomic mass is 14.5. The van der Waals surface area contributed by atoms with Crippen LogP contribution in [-0.2, 0) is 0 Å². The van der Waals surface area contributed by atoms with E-state index in [-0.39, 0.29) is 0 Å². The first kappa shape index (κ1) is 6.30. The maximum Gasteiger partial charge on any atom is 0.128 e.